The van der Waals surface area contributed by atoms with Gasteiger partial charge in [-0.2, -0.15) is 0 Å². The third kappa shape index (κ3) is 3.83. The molecule has 1 aromatic heterocycles. The van der Waals surface area contributed by atoms with E-state index in [1.807, 2.05) is 21.8 Å². The summed E-state index contributed by atoms with van der Waals surface area (Å²) >= 11 is 0. The molecule has 1 aliphatic heterocycles. The van der Waals surface area contributed by atoms with E-state index in [0.29, 0.717) is 30.9 Å². The summed E-state index contributed by atoms with van der Waals surface area (Å²) in [7, 11) is 1.68. The van der Waals surface area contributed by atoms with Crippen LogP contribution in [0, 0.1) is 0 Å². The molecule has 7 nitrogen and oxygen atoms in total. The Morgan fingerprint density at radius 3 is 2.63 bits per heavy atom. The highest BCUT2D eigenvalue weighted by atomic mass is 16.5. The van der Waals surface area contributed by atoms with Gasteiger partial charge in [-0.05, 0) is 61.8 Å². The number of benzene rings is 1. The molecule has 1 amide bonds. The smallest absolute Gasteiger partial charge is 0.276 e. The normalized spacial score (nSPS) is 22.8. The van der Waals surface area contributed by atoms with E-state index in [1.54, 1.807) is 7.11 Å². The van der Waals surface area contributed by atoms with Crippen LogP contribution in [0.25, 0.3) is 0 Å². The standard InChI is InChI=1S/C20H27N5O2/c1-27-18-7-2-14-8-10-24(11-9-15(14)12-18)20(26)19-13-25(23-22-19)17-5-3-16(21)4-6-17/h2,7,12-13,16-17H,3-6,8-11,21H2,1H3. The molecule has 2 N–H and O–H groups in total. The van der Waals surface area contributed by atoms with Crippen molar-refractivity contribution in [2.75, 3.05) is 20.2 Å². The van der Waals surface area contributed by atoms with Crippen LogP contribution in [0.1, 0.15) is 53.3 Å². The van der Waals surface area contributed by atoms with Crippen LogP contribution in [0.15, 0.2) is 24.4 Å². The number of carbonyl (C=O) groups excluding carboxylic acids is 1. The minimum Gasteiger partial charge on any atom is -0.497 e. The van der Waals surface area contributed by atoms with Gasteiger partial charge in [-0.3, -0.25) is 4.79 Å². The summed E-state index contributed by atoms with van der Waals surface area (Å²) in [6, 6.07) is 6.76. The Morgan fingerprint density at radius 1 is 1.15 bits per heavy atom. The van der Waals surface area contributed by atoms with Crippen LogP contribution >= 0.6 is 0 Å². The van der Waals surface area contributed by atoms with Gasteiger partial charge in [0.05, 0.1) is 19.3 Å². The first kappa shape index (κ1) is 18.0. The van der Waals surface area contributed by atoms with Crippen LogP contribution in [0.5, 0.6) is 5.75 Å². The number of rotatable bonds is 3. The lowest BCUT2D eigenvalue weighted by Gasteiger charge is -2.25. The van der Waals surface area contributed by atoms with Crippen molar-refractivity contribution < 1.29 is 9.53 Å². The van der Waals surface area contributed by atoms with E-state index in [4.69, 9.17) is 10.5 Å². The molecule has 1 aliphatic carbocycles. The van der Waals surface area contributed by atoms with Gasteiger partial charge in [0.15, 0.2) is 5.69 Å². The molecule has 0 unspecified atom stereocenters. The minimum absolute atomic E-state index is 0.0338. The highest BCUT2D eigenvalue weighted by Crippen LogP contribution is 2.27. The van der Waals surface area contributed by atoms with E-state index in [0.717, 1.165) is 44.3 Å². The number of hydrogen-bond donors (Lipinski definition) is 1. The van der Waals surface area contributed by atoms with Gasteiger partial charge in [0.2, 0.25) is 0 Å². The second-order valence-corrected chi connectivity index (χ2v) is 7.58. The molecule has 2 heterocycles. The second-order valence-electron chi connectivity index (χ2n) is 7.58. The number of amides is 1. The summed E-state index contributed by atoms with van der Waals surface area (Å²) in [4.78, 5) is 14.8. The molecule has 1 saturated carbocycles. The fourth-order valence-electron chi connectivity index (χ4n) is 4.11. The molecule has 0 bridgehead atoms. The van der Waals surface area contributed by atoms with E-state index in [2.05, 4.69) is 22.4 Å². The lowest BCUT2D eigenvalue weighted by atomic mass is 9.92. The zero-order valence-electron chi connectivity index (χ0n) is 15.8. The van der Waals surface area contributed by atoms with E-state index < -0.39 is 0 Å². The van der Waals surface area contributed by atoms with Crippen LogP contribution < -0.4 is 10.5 Å². The van der Waals surface area contributed by atoms with Gasteiger partial charge in [-0.15, -0.1) is 5.10 Å². The topological polar surface area (TPSA) is 86.3 Å². The molecular formula is C20H27N5O2. The predicted octanol–water partition coefficient (Wildman–Crippen LogP) is 1.97. The number of carbonyl (C=O) groups is 1. The molecular weight excluding hydrogens is 342 g/mol. The number of fused-ring (bicyclic) bond motifs is 1. The molecule has 0 atom stereocenters. The average Bonchev–Trinajstić information content (AvgIpc) is 3.09. The van der Waals surface area contributed by atoms with Crippen molar-refractivity contribution in [3.8, 4) is 5.75 Å². The monoisotopic (exact) mass is 369 g/mol. The van der Waals surface area contributed by atoms with Crippen molar-refractivity contribution in [2.45, 2.75) is 50.6 Å². The van der Waals surface area contributed by atoms with E-state index in [-0.39, 0.29) is 5.91 Å². The maximum Gasteiger partial charge on any atom is 0.276 e. The molecule has 4 rings (SSSR count). The number of hydrogen-bond acceptors (Lipinski definition) is 5. The zero-order valence-corrected chi connectivity index (χ0v) is 15.8. The van der Waals surface area contributed by atoms with Crippen molar-refractivity contribution in [1.29, 1.82) is 0 Å². The van der Waals surface area contributed by atoms with Crippen molar-refractivity contribution in [2.24, 2.45) is 5.73 Å². The molecule has 2 aliphatic rings. The van der Waals surface area contributed by atoms with Crippen LogP contribution in [-0.4, -0.2) is 52.0 Å². The fourth-order valence-corrected chi connectivity index (χ4v) is 4.11. The molecule has 0 radical (unpaired) electrons. The summed E-state index contributed by atoms with van der Waals surface area (Å²) in [6.07, 6.45) is 7.49. The third-order valence-electron chi connectivity index (χ3n) is 5.85. The van der Waals surface area contributed by atoms with Crippen molar-refractivity contribution in [1.82, 2.24) is 19.9 Å². The maximum absolute atomic E-state index is 12.9. The summed E-state index contributed by atoms with van der Waals surface area (Å²) in [5.74, 6) is 0.831. The Kier molecular flexibility index (Phi) is 5.11. The van der Waals surface area contributed by atoms with Gasteiger partial charge < -0.3 is 15.4 Å². The molecule has 0 spiro atoms. The lowest BCUT2D eigenvalue weighted by Crippen LogP contribution is -2.33. The van der Waals surface area contributed by atoms with Gasteiger partial charge in [0.25, 0.3) is 5.91 Å². The Balaban J connectivity index is 1.43. The van der Waals surface area contributed by atoms with E-state index in [9.17, 15) is 4.79 Å². The quantitative estimate of drug-likeness (QED) is 0.894. The van der Waals surface area contributed by atoms with Crippen LogP contribution in [0.4, 0.5) is 0 Å². The van der Waals surface area contributed by atoms with Gasteiger partial charge in [0.1, 0.15) is 5.75 Å². The Morgan fingerprint density at radius 2 is 1.89 bits per heavy atom. The number of nitrogens with zero attached hydrogens (tertiary/aromatic N) is 4. The van der Waals surface area contributed by atoms with Gasteiger partial charge in [0, 0.05) is 19.1 Å². The van der Waals surface area contributed by atoms with E-state index in [1.165, 1.54) is 11.1 Å². The summed E-state index contributed by atoms with van der Waals surface area (Å²) in [6.45, 7) is 1.38. The first-order chi connectivity index (χ1) is 13.1. The minimum atomic E-state index is -0.0338. The molecule has 7 heteroatoms. The number of ether oxygens (including phenoxy) is 1. The van der Waals surface area contributed by atoms with Gasteiger partial charge in [-0.25, -0.2) is 4.68 Å². The molecule has 27 heavy (non-hydrogen) atoms. The van der Waals surface area contributed by atoms with Crippen molar-refractivity contribution >= 4 is 5.91 Å². The largest absolute Gasteiger partial charge is 0.497 e. The zero-order chi connectivity index (χ0) is 18.8. The predicted molar refractivity (Wildman–Crippen MR) is 102 cm³/mol. The van der Waals surface area contributed by atoms with Crippen LogP contribution in [0.3, 0.4) is 0 Å². The molecule has 0 saturated heterocycles. The summed E-state index contributed by atoms with van der Waals surface area (Å²) < 4.78 is 7.18. The van der Waals surface area contributed by atoms with Gasteiger partial charge in [-0.1, -0.05) is 11.3 Å². The Hall–Kier alpha value is -2.41. The molecule has 1 aromatic carbocycles. The molecule has 1 fully saturated rings. The first-order valence-electron chi connectivity index (χ1n) is 9.76. The Labute approximate surface area is 159 Å². The number of aromatic nitrogens is 3. The average molecular weight is 369 g/mol. The van der Waals surface area contributed by atoms with Crippen LogP contribution in [0.2, 0.25) is 0 Å². The van der Waals surface area contributed by atoms with Gasteiger partial charge >= 0.3 is 0 Å². The Bertz CT molecular complexity index is 810. The highest BCUT2D eigenvalue weighted by Gasteiger charge is 2.25. The fraction of sp³-hybridized carbons (Fsp3) is 0.550. The molecule has 2 aromatic rings. The summed E-state index contributed by atoms with van der Waals surface area (Å²) in [5.41, 5.74) is 8.96. The van der Waals surface area contributed by atoms with E-state index >= 15 is 0 Å². The first-order valence-corrected chi connectivity index (χ1v) is 9.76. The second kappa shape index (κ2) is 7.68. The summed E-state index contributed by atoms with van der Waals surface area (Å²) in [5, 5.41) is 8.39. The number of nitrogens with two attached hydrogens (primary N) is 1. The molecule has 144 valence electrons. The van der Waals surface area contributed by atoms with Crippen molar-refractivity contribution in [3.63, 3.8) is 0 Å². The maximum atomic E-state index is 12.9. The van der Waals surface area contributed by atoms with Crippen LogP contribution in [-0.2, 0) is 12.8 Å². The SMILES string of the molecule is COc1ccc2c(c1)CCN(C(=O)c1cn(C3CCC(N)CC3)nn1)CC2. The highest BCUT2D eigenvalue weighted by molar-refractivity contribution is 5.92. The third-order valence-corrected chi connectivity index (χ3v) is 5.85. The lowest BCUT2D eigenvalue weighted by molar-refractivity contribution is 0.0757. The van der Waals surface area contributed by atoms with Crippen molar-refractivity contribution in [3.05, 3.63) is 41.2 Å². The number of methoxy groups -OCH3 is 1.